The van der Waals surface area contributed by atoms with E-state index in [1.165, 1.54) is 57.8 Å². The minimum atomic E-state index is -4.40. The first-order valence-corrected chi connectivity index (χ1v) is 31.8. The summed E-state index contributed by atoms with van der Waals surface area (Å²) in [4.78, 5) is 35.1. The van der Waals surface area contributed by atoms with Gasteiger partial charge in [-0.2, -0.15) is 0 Å². The summed E-state index contributed by atoms with van der Waals surface area (Å²) in [5, 5.41) is 0. The summed E-state index contributed by atoms with van der Waals surface area (Å²) in [5.41, 5.74) is 5.37. The Morgan fingerprint density at radius 2 is 0.714 bits per heavy atom. The highest BCUT2D eigenvalue weighted by molar-refractivity contribution is 7.47. The molecule has 0 aromatic carbocycles. The van der Waals surface area contributed by atoms with Crippen molar-refractivity contribution in [3.63, 3.8) is 0 Å². The number of phosphoric ester groups is 1. The number of rotatable bonds is 55. The number of esters is 2. The molecule has 0 saturated carbocycles. The molecule has 0 amide bonds. The lowest BCUT2D eigenvalue weighted by Gasteiger charge is -2.19. The van der Waals surface area contributed by atoms with Gasteiger partial charge in [0.2, 0.25) is 0 Å². The zero-order chi connectivity index (χ0) is 55.9. The molecule has 0 fully saturated rings. The Hall–Kier alpha value is -4.11. The van der Waals surface area contributed by atoms with Gasteiger partial charge in [0.25, 0.3) is 0 Å². The minimum absolute atomic E-state index is 0.0437. The number of hydrogen-bond donors (Lipinski definition) is 2. The van der Waals surface area contributed by atoms with Crippen molar-refractivity contribution in [3.05, 3.63) is 146 Å². The summed E-state index contributed by atoms with van der Waals surface area (Å²) < 4.78 is 33.0. The Morgan fingerprint density at radius 3 is 1.08 bits per heavy atom. The predicted octanol–water partition coefficient (Wildman–Crippen LogP) is 19.5. The van der Waals surface area contributed by atoms with Gasteiger partial charge in [0, 0.05) is 19.4 Å². The molecule has 3 N–H and O–H groups in total. The average molecular weight is 1090 g/mol. The SMILES string of the molecule is CC/C=C\C/C=C\C/C=C\C/C=C\C/C=C\C/C=C\C/C=C\C/C=C\C/C=C\C/C=C\C/C=C\CCCCCCCCCC(=O)OC(COC(=O)CCCCCCC/C=C\CCCCCCCC)COP(=O)(O)OCCN. The van der Waals surface area contributed by atoms with Crippen LogP contribution in [0, 0.1) is 0 Å². The Morgan fingerprint density at radius 1 is 0.403 bits per heavy atom. The summed E-state index contributed by atoms with van der Waals surface area (Å²) in [6.07, 6.45) is 87.7. The molecular formula is C67H110NO8P. The average Bonchev–Trinajstić information content (AvgIpc) is 3.42. The number of carbonyl (C=O) groups is 2. The van der Waals surface area contributed by atoms with E-state index >= 15 is 0 Å². The van der Waals surface area contributed by atoms with Crippen LogP contribution in [0.25, 0.3) is 0 Å². The molecule has 9 nitrogen and oxygen atoms in total. The molecule has 0 spiro atoms. The van der Waals surface area contributed by atoms with Crippen LogP contribution in [-0.2, 0) is 32.7 Å². The molecule has 0 aliphatic rings. The lowest BCUT2D eigenvalue weighted by Crippen LogP contribution is -2.29. The van der Waals surface area contributed by atoms with Crippen LogP contribution in [0.3, 0.4) is 0 Å². The van der Waals surface area contributed by atoms with E-state index in [9.17, 15) is 19.0 Å². The van der Waals surface area contributed by atoms with Crippen molar-refractivity contribution in [3.8, 4) is 0 Å². The zero-order valence-electron chi connectivity index (χ0n) is 48.6. The van der Waals surface area contributed by atoms with Gasteiger partial charge in [-0.3, -0.25) is 18.6 Å². The van der Waals surface area contributed by atoms with Crippen molar-refractivity contribution in [1.29, 1.82) is 0 Å². The van der Waals surface area contributed by atoms with Crippen LogP contribution in [-0.4, -0.2) is 49.3 Å². The number of allylic oxidation sites excluding steroid dienone is 24. The highest BCUT2D eigenvalue weighted by Gasteiger charge is 2.26. The number of phosphoric acid groups is 1. The smallest absolute Gasteiger partial charge is 0.462 e. The van der Waals surface area contributed by atoms with Crippen LogP contribution in [0.5, 0.6) is 0 Å². The van der Waals surface area contributed by atoms with Gasteiger partial charge < -0.3 is 20.1 Å². The second-order valence-corrected chi connectivity index (χ2v) is 20.9. The van der Waals surface area contributed by atoms with Crippen LogP contribution in [0.4, 0.5) is 0 Å². The van der Waals surface area contributed by atoms with Crippen LogP contribution < -0.4 is 5.73 Å². The molecule has 2 unspecified atom stereocenters. The third-order valence-corrected chi connectivity index (χ3v) is 13.2. The van der Waals surface area contributed by atoms with E-state index < -0.39 is 32.5 Å². The predicted molar refractivity (Wildman–Crippen MR) is 330 cm³/mol. The maximum Gasteiger partial charge on any atom is 0.472 e. The molecule has 0 radical (unpaired) electrons. The number of nitrogens with two attached hydrogens (primary N) is 1. The molecule has 436 valence electrons. The second kappa shape index (κ2) is 61.1. The van der Waals surface area contributed by atoms with Crippen LogP contribution in [0.15, 0.2) is 146 Å². The van der Waals surface area contributed by atoms with E-state index in [2.05, 4.69) is 160 Å². The third-order valence-electron chi connectivity index (χ3n) is 12.2. The highest BCUT2D eigenvalue weighted by atomic mass is 31.2. The zero-order valence-corrected chi connectivity index (χ0v) is 49.5. The fourth-order valence-electron chi connectivity index (χ4n) is 7.75. The van der Waals surface area contributed by atoms with Gasteiger partial charge >= 0.3 is 19.8 Å². The topological polar surface area (TPSA) is 134 Å². The van der Waals surface area contributed by atoms with Crippen molar-refractivity contribution < 1.29 is 37.6 Å². The van der Waals surface area contributed by atoms with Crippen molar-refractivity contribution in [1.82, 2.24) is 0 Å². The Bertz CT molecular complexity index is 1770. The molecule has 10 heteroatoms. The summed E-state index contributed by atoms with van der Waals surface area (Å²) in [7, 11) is -4.40. The number of hydrogen-bond acceptors (Lipinski definition) is 8. The van der Waals surface area contributed by atoms with Crippen molar-refractivity contribution in [2.75, 3.05) is 26.4 Å². The first-order chi connectivity index (χ1) is 37.8. The quantitative estimate of drug-likeness (QED) is 0.0264. The molecule has 0 aliphatic heterocycles. The normalized spacial score (nSPS) is 14.1. The largest absolute Gasteiger partial charge is 0.472 e. The second-order valence-electron chi connectivity index (χ2n) is 19.5. The van der Waals surface area contributed by atoms with Gasteiger partial charge in [-0.15, -0.1) is 0 Å². The first kappa shape index (κ1) is 72.9. The van der Waals surface area contributed by atoms with E-state index in [0.717, 1.165) is 135 Å². The highest BCUT2D eigenvalue weighted by Crippen LogP contribution is 2.43. The molecule has 0 bridgehead atoms. The van der Waals surface area contributed by atoms with Crippen LogP contribution in [0.2, 0.25) is 0 Å². The lowest BCUT2D eigenvalue weighted by molar-refractivity contribution is -0.161. The van der Waals surface area contributed by atoms with Gasteiger partial charge in [-0.25, -0.2) is 4.57 Å². The van der Waals surface area contributed by atoms with E-state index in [4.69, 9.17) is 24.3 Å². The number of ether oxygens (including phenoxy) is 2. The summed E-state index contributed by atoms with van der Waals surface area (Å²) in [5.74, 6) is -0.858. The van der Waals surface area contributed by atoms with E-state index in [0.29, 0.717) is 12.8 Å². The fourth-order valence-corrected chi connectivity index (χ4v) is 8.52. The molecule has 0 saturated heterocycles. The van der Waals surface area contributed by atoms with Crippen molar-refractivity contribution in [2.45, 2.75) is 238 Å². The molecular weight excluding hydrogens is 978 g/mol. The number of unbranched alkanes of at least 4 members (excludes halogenated alkanes) is 18. The standard InChI is InChI=1S/C67H110NO8P/c1-3-5-7-9-11-13-15-17-19-20-21-22-23-24-25-26-27-28-29-30-31-32-33-34-35-36-37-38-39-40-41-42-43-44-46-48-50-52-54-56-58-60-67(70)76-65(64-75-77(71,72)74-62-61-68)63-73-66(69)59-57-55-53-51-49-47-45-18-16-14-12-10-8-6-4-2/h5,7,11,13,17-19,21-22,24-25,27-28,30-31,33-34,36-37,39-40,42-43,45,65H,3-4,6,8-10,12,14-16,20,23,26,29,32,35,38,41,44,46-64,68H2,1-2H3,(H,71,72)/b7-5-,13-11-,19-17-,22-21-,25-24-,28-27-,31-30-,34-33-,37-36-,40-39-,43-42-,45-18-. The first-order valence-electron chi connectivity index (χ1n) is 30.3. The molecule has 2 atom stereocenters. The third kappa shape index (κ3) is 61.0. The molecule has 0 aromatic rings. The van der Waals surface area contributed by atoms with E-state index in [1.54, 1.807) is 0 Å². The Kier molecular flexibility index (Phi) is 57.8. The summed E-state index contributed by atoms with van der Waals surface area (Å²) in [6.45, 7) is 3.58. The summed E-state index contributed by atoms with van der Waals surface area (Å²) >= 11 is 0. The minimum Gasteiger partial charge on any atom is -0.462 e. The Labute approximate surface area is 471 Å². The van der Waals surface area contributed by atoms with Crippen LogP contribution >= 0.6 is 7.82 Å². The lowest BCUT2D eigenvalue weighted by atomic mass is 10.1. The monoisotopic (exact) mass is 1090 g/mol. The van der Waals surface area contributed by atoms with Gasteiger partial charge in [0.15, 0.2) is 6.10 Å². The Balaban J connectivity index is 4.01. The number of carbonyl (C=O) groups excluding carboxylic acids is 2. The molecule has 77 heavy (non-hydrogen) atoms. The maximum atomic E-state index is 12.7. The van der Waals surface area contributed by atoms with Gasteiger partial charge in [-0.05, 0) is 122 Å². The summed E-state index contributed by atoms with van der Waals surface area (Å²) in [6, 6.07) is 0. The van der Waals surface area contributed by atoms with E-state index in [1.807, 2.05) is 0 Å². The molecule has 0 rings (SSSR count). The van der Waals surface area contributed by atoms with Crippen LogP contribution in [0.1, 0.15) is 232 Å². The van der Waals surface area contributed by atoms with Gasteiger partial charge in [-0.1, -0.05) is 243 Å². The van der Waals surface area contributed by atoms with Gasteiger partial charge in [0.1, 0.15) is 6.61 Å². The molecule has 0 aromatic heterocycles. The molecule has 0 aliphatic carbocycles. The molecule has 0 heterocycles. The van der Waals surface area contributed by atoms with E-state index in [-0.39, 0.29) is 32.6 Å². The fraction of sp³-hybridized carbons (Fsp3) is 0.612. The maximum absolute atomic E-state index is 12.7. The van der Waals surface area contributed by atoms with Crippen molar-refractivity contribution >= 4 is 19.8 Å². The van der Waals surface area contributed by atoms with Gasteiger partial charge in [0.05, 0.1) is 13.2 Å². The van der Waals surface area contributed by atoms with Crippen molar-refractivity contribution in [2.24, 2.45) is 5.73 Å².